The van der Waals surface area contributed by atoms with E-state index in [-0.39, 0.29) is 10.7 Å². The van der Waals surface area contributed by atoms with Crippen molar-refractivity contribution in [3.63, 3.8) is 0 Å². The van der Waals surface area contributed by atoms with Crippen molar-refractivity contribution >= 4 is 49.8 Å². The van der Waals surface area contributed by atoms with Gasteiger partial charge in [0.2, 0.25) is 0 Å². The van der Waals surface area contributed by atoms with Crippen LogP contribution in [-0.4, -0.2) is 46.9 Å². The van der Waals surface area contributed by atoms with Crippen LogP contribution in [-0.2, 0) is 28.6 Å². The molecule has 19 heavy (non-hydrogen) atoms. The van der Waals surface area contributed by atoms with Crippen molar-refractivity contribution in [3.05, 3.63) is 0 Å². The highest BCUT2D eigenvalue weighted by molar-refractivity contribution is 9.09. The van der Waals surface area contributed by atoms with Gasteiger partial charge in [-0.3, -0.25) is 14.4 Å². The van der Waals surface area contributed by atoms with Crippen LogP contribution in [0, 0.1) is 0 Å². The zero-order valence-electron chi connectivity index (χ0n) is 10.9. The average molecular weight is 404 g/mol. The summed E-state index contributed by atoms with van der Waals surface area (Å²) in [6.45, 7) is 3.72. The molecular formula is C11H16Br2O6. The maximum atomic E-state index is 11.1. The zero-order chi connectivity index (χ0) is 15.0. The van der Waals surface area contributed by atoms with Gasteiger partial charge in [0, 0.05) is 31.4 Å². The summed E-state index contributed by atoms with van der Waals surface area (Å²) in [7, 11) is 0. The Kier molecular flexibility index (Phi) is 8.99. The van der Waals surface area contributed by atoms with Gasteiger partial charge in [0.05, 0.1) is 0 Å². The molecule has 8 heteroatoms. The van der Waals surface area contributed by atoms with E-state index in [1.807, 2.05) is 0 Å². The van der Waals surface area contributed by atoms with E-state index in [1.54, 1.807) is 0 Å². The molecule has 0 aliphatic heterocycles. The fourth-order valence-corrected chi connectivity index (χ4v) is 2.38. The molecule has 0 aliphatic rings. The smallest absolute Gasteiger partial charge is 0.303 e. The summed E-state index contributed by atoms with van der Waals surface area (Å²) < 4.78 is 15.2. The molecule has 0 aromatic heterocycles. The van der Waals surface area contributed by atoms with Crippen molar-refractivity contribution in [2.45, 2.75) is 39.1 Å². The van der Waals surface area contributed by atoms with E-state index < -0.39 is 36.2 Å². The predicted octanol–water partition coefficient (Wildman–Crippen LogP) is 1.57. The van der Waals surface area contributed by atoms with Crippen LogP contribution in [0.4, 0.5) is 0 Å². The highest BCUT2D eigenvalue weighted by Crippen LogP contribution is 2.17. The first-order valence-electron chi connectivity index (χ1n) is 5.45. The van der Waals surface area contributed by atoms with Gasteiger partial charge >= 0.3 is 17.9 Å². The molecule has 0 heterocycles. The largest absolute Gasteiger partial charge is 0.458 e. The number of carbonyl (C=O) groups is 3. The lowest BCUT2D eigenvalue weighted by molar-refractivity contribution is -0.178. The van der Waals surface area contributed by atoms with E-state index >= 15 is 0 Å². The Balaban J connectivity index is 5.06. The number of hydrogen-bond donors (Lipinski definition) is 0. The molecule has 0 saturated carbocycles. The Morgan fingerprint density at radius 1 is 0.789 bits per heavy atom. The number of esters is 3. The average Bonchev–Trinajstić information content (AvgIpc) is 2.29. The monoisotopic (exact) mass is 402 g/mol. The summed E-state index contributed by atoms with van der Waals surface area (Å²) >= 11 is 6.35. The van der Waals surface area contributed by atoms with Crippen molar-refractivity contribution in [2.24, 2.45) is 0 Å². The Bertz CT molecular complexity index is 309. The van der Waals surface area contributed by atoms with Crippen LogP contribution in [0.5, 0.6) is 0 Å². The Morgan fingerprint density at radius 2 is 1.11 bits per heavy atom. The van der Waals surface area contributed by atoms with Crippen LogP contribution in [0.1, 0.15) is 20.8 Å². The van der Waals surface area contributed by atoms with E-state index in [2.05, 4.69) is 31.9 Å². The summed E-state index contributed by atoms with van der Waals surface area (Å²) in [5.74, 6) is -1.59. The quantitative estimate of drug-likeness (QED) is 0.364. The van der Waals surface area contributed by atoms with Crippen LogP contribution in [0.25, 0.3) is 0 Å². The maximum absolute atomic E-state index is 11.1. The minimum atomic E-state index is -0.885. The Labute approximate surface area is 128 Å². The maximum Gasteiger partial charge on any atom is 0.303 e. The normalized spacial score (nSPS) is 15.0. The second-order valence-corrected chi connectivity index (χ2v) is 4.97. The summed E-state index contributed by atoms with van der Waals surface area (Å²) in [5.41, 5.74) is 0. The van der Waals surface area contributed by atoms with Crippen molar-refractivity contribution in [1.82, 2.24) is 0 Å². The first kappa shape index (κ1) is 18.4. The SMILES string of the molecule is CC(=O)OC(CBr)C(OC(C)=O)C(CBr)OC(C)=O. The third-order valence-electron chi connectivity index (χ3n) is 1.97. The molecule has 2 atom stereocenters. The van der Waals surface area contributed by atoms with Crippen LogP contribution in [0.3, 0.4) is 0 Å². The van der Waals surface area contributed by atoms with Gasteiger partial charge in [0.1, 0.15) is 0 Å². The van der Waals surface area contributed by atoms with Crippen molar-refractivity contribution in [1.29, 1.82) is 0 Å². The number of ether oxygens (including phenoxy) is 3. The van der Waals surface area contributed by atoms with Crippen LogP contribution >= 0.6 is 31.9 Å². The highest BCUT2D eigenvalue weighted by atomic mass is 79.9. The van der Waals surface area contributed by atoms with Gasteiger partial charge in [0.15, 0.2) is 18.3 Å². The molecular weight excluding hydrogens is 388 g/mol. The van der Waals surface area contributed by atoms with Crippen molar-refractivity contribution in [3.8, 4) is 0 Å². The number of hydrogen-bond acceptors (Lipinski definition) is 6. The Morgan fingerprint density at radius 3 is 1.32 bits per heavy atom. The molecule has 2 unspecified atom stereocenters. The highest BCUT2D eigenvalue weighted by Gasteiger charge is 2.35. The van der Waals surface area contributed by atoms with Gasteiger partial charge in [-0.1, -0.05) is 31.9 Å². The fraction of sp³-hybridized carbons (Fsp3) is 0.727. The molecule has 0 saturated heterocycles. The summed E-state index contributed by atoms with van der Waals surface area (Å²) in [6, 6.07) is 0. The van der Waals surface area contributed by atoms with Gasteiger partial charge in [0.25, 0.3) is 0 Å². The predicted molar refractivity (Wildman–Crippen MR) is 74.3 cm³/mol. The molecule has 0 aliphatic carbocycles. The third-order valence-corrected chi connectivity index (χ3v) is 3.25. The first-order valence-corrected chi connectivity index (χ1v) is 7.69. The lowest BCUT2D eigenvalue weighted by Crippen LogP contribution is -2.46. The van der Waals surface area contributed by atoms with Gasteiger partial charge in [-0.2, -0.15) is 0 Å². The van der Waals surface area contributed by atoms with Crippen LogP contribution < -0.4 is 0 Å². The third kappa shape index (κ3) is 7.51. The summed E-state index contributed by atoms with van der Waals surface area (Å²) in [6.07, 6.45) is -2.38. The lowest BCUT2D eigenvalue weighted by atomic mass is 10.1. The number of halogens is 2. The minimum Gasteiger partial charge on any atom is -0.458 e. The molecule has 0 bridgehead atoms. The zero-order valence-corrected chi connectivity index (χ0v) is 14.0. The number of rotatable bonds is 7. The van der Waals surface area contributed by atoms with E-state index in [1.165, 1.54) is 20.8 Å². The van der Waals surface area contributed by atoms with E-state index in [4.69, 9.17) is 14.2 Å². The van der Waals surface area contributed by atoms with E-state index in [0.29, 0.717) is 0 Å². The molecule has 0 rings (SSSR count). The molecule has 0 spiro atoms. The number of alkyl halides is 2. The molecule has 6 nitrogen and oxygen atoms in total. The minimum absolute atomic E-state index is 0.245. The van der Waals surface area contributed by atoms with Crippen LogP contribution in [0.15, 0.2) is 0 Å². The van der Waals surface area contributed by atoms with Gasteiger partial charge < -0.3 is 14.2 Å². The first-order chi connectivity index (χ1) is 8.81. The molecule has 0 aromatic carbocycles. The topological polar surface area (TPSA) is 78.9 Å². The van der Waals surface area contributed by atoms with Crippen molar-refractivity contribution in [2.75, 3.05) is 10.7 Å². The standard InChI is InChI=1S/C11H16Br2O6/c1-6(14)17-9(4-12)11(19-8(3)16)10(5-13)18-7(2)15/h9-11H,4-5H2,1-3H3. The molecule has 0 N–H and O–H groups in total. The molecule has 0 aromatic rings. The van der Waals surface area contributed by atoms with Gasteiger partial charge in [-0.15, -0.1) is 0 Å². The second kappa shape index (κ2) is 9.30. The fourth-order valence-electron chi connectivity index (χ4n) is 1.38. The van der Waals surface area contributed by atoms with Gasteiger partial charge in [-0.05, 0) is 0 Å². The number of carbonyl (C=O) groups excluding carboxylic acids is 3. The summed E-state index contributed by atoms with van der Waals surface area (Å²) in [4.78, 5) is 33.2. The van der Waals surface area contributed by atoms with E-state index in [9.17, 15) is 14.4 Å². The molecule has 0 fully saturated rings. The van der Waals surface area contributed by atoms with Crippen molar-refractivity contribution < 1.29 is 28.6 Å². The molecule has 0 radical (unpaired) electrons. The molecule has 0 amide bonds. The van der Waals surface area contributed by atoms with Crippen LogP contribution in [0.2, 0.25) is 0 Å². The Hall–Kier alpha value is -0.630. The molecule has 110 valence electrons. The van der Waals surface area contributed by atoms with E-state index in [0.717, 1.165) is 0 Å². The summed E-state index contributed by atoms with van der Waals surface area (Å²) in [5, 5.41) is 0.491. The van der Waals surface area contributed by atoms with Gasteiger partial charge in [-0.25, -0.2) is 0 Å². The lowest BCUT2D eigenvalue weighted by Gasteiger charge is -2.30. The second-order valence-electron chi connectivity index (χ2n) is 3.68.